The second-order valence-corrected chi connectivity index (χ2v) is 15.1. The molecule has 0 aromatic heterocycles. The quantitative estimate of drug-likeness (QED) is 0.0396. The molecular formula is C50H68. The van der Waals surface area contributed by atoms with Crippen molar-refractivity contribution in [2.45, 2.75) is 181 Å². The highest BCUT2D eigenvalue weighted by Crippen LogP contribution is 2.28. The molecule has 0 aliphatic carbocycles. The van der Waals surface area contributed by atoms with Crippen molar-refractivity contribution >= 4 is 32.3 Å². The minimum absolute atomic E-state index is 1.00. The van der Waals surface area contributed by atoms with Crippen LogP contribution in [-0.4, -0.2) is 0 Å². The zero-order chi connectivity index (χ0) is 34.9. The summed E-state index contributed by atoms with van der Waals surface area (Å²) >= 11 is 0. The molecule has 0 unspecified atom stereocenters. The second-order valence-electron chi connectivity index (χ2n) is 15.1. The van der Waals surface area contributed by atoms with Gasteiger partial charge in [-0.1, -0.05) is 191 Å². The van der Waals surface area contributed by atoms with Crippen molar-refractivity contribution in [1.29, 1.82) is 0 Å². The molecule has 50 heavy (non-hydrogen) atoms. The molecule has 4 rings (SSSR count). The van der Waals surface area contributed by atoms with Gasteiger partial charge in [-0.25, -0.2) is 0 Å². The van der Waals surface area contributed by atoms with Crippen LogP contribution in [0.15, 0.2) is 60.7 Å². The first-order valence-corrected chi connectivity index (χ1v) is 21.2. The molecule has 0 saturated carbocycles. The Morgan fingerprint density at radius 1 is 0.300 bits per heavy atom. The van der Waals surface area contributed by atoms with E-state index in [1.807, 2.05) is 0 Å². The summed E-state index contributed by atoms with van der Waals surface area (Å²) in [4.78, 5) is 0. The standard InChI is InChI=1S/C50H68/c1-3-5-7-9-11-13-15-17-19-21-23-25-27-29-31-43-33-35-45-39-50-42-48-38-44(34-36-46(48)40-49(50)41-47(45)37-43)32-30-28-26-24-22-20-18-16-14-12-10-8-6-4-2/h33-42H,3-28H2,1-2H3. The van der Waals surface area contributed by atoms with Gasteiger partial charge in [0.25, 0.3) is 0 Å². The Morgan fingerprint density at radius 3 is 0.920 bits per heavy atom. The van der Waals surface area contributed by atoms with Crippen molar-refractivity contribution in [3.63, 3.8) is 0 Å². The average molecular weight is 669 g/mol. The van der Waals surface area contributed by atoms with Gasteiger partial charge in [-0.2, -0.15) is 0 Å². The predicted octanol–water partition coefficient (Wildman–Crippen LogP) is 16.0. The molecule has 0 N–H and O–H groups in total. The van der Waals surface area contributed by atoms with Crippen LogP contribution in [0.4, 0.5) is 0 Å². The van der Waals surface area contributed by atoms with Crippen molar-refractivity contribution < 1.29 is 0 Å². The number of rotatable bonds is 24. The summed E-state index contributed by atoms with van der Waals surface area (Å²) in [7, 11) is 0. The van der Waals surface area contributed by atoms with Crippen molar-refractivity contribution in [2.24, 2.45) is 0 Å². The van der Waals surface area contributed by atoms with Gasteiger partial charge in [0.05, 0.1) is 0 Å². The average Bonchev–Trinajstić information content (AvgIpc) is 3.13. The fraction of sp³-hybridized carbons (Fsp3) is 0.560. The van der Waals surface area contributed by atoms with Crippen molar-refractivity contribution in [2.75, 3.05) is 0 Å². The van der Waals surface area contributed by atoms with Gasteiger partial charge in [-0.05, 0) is 93.7 Å². The van der Waals surface area contributed by atoms with Gasteiger partial charge in [0, 0.05) is 24.0 Å². The van der Waals surface area contributed by atoms with Crippen LogP contribution in [-0.2, 0) is 0 Å². The molecule has 0 fully saturated rings. The molecule has 0 heteroatoms. The third kappa shape index (κ3) is 15.3. The summed E-state index contributed by atoms with van der Waals surface area (Å²) in [5.74, 6) is 13.8. The minimum Gasteiger partial charge on any atom is -0.0979 e. The first-order chi connectivity index (χ1) is 24.8. The molecule has 4 aromatic rings. The van der Waals surface area contributed by atoms with E-state index in [2.05, 4.69) is 98.2 Å². The molecule has 0 radical (unpaired) electrons. The maximum Gasteiger partial charge on any atom is 0.0251 e. The van der Waals surface area contributed by atoms with Gasteiger partial charge in [-0.15, -0.1) is 0 Å². The Hall–Kier alpha value is -3.22. The third-order valence-electron chi connectivity index (χ3n) is 10.5. The fourth-order valence-corrected chi connectivity index (χ4v) is 7.34. The molecule has 0 nitrogen and oxygen atoms in total. The molecule has 0 aliphatic rings. The predicted molar refractivity (Wildman–Crippen MR) is 224 cm³/mol. The van der Waals surface area contributed by atoms with Gasteiger partial charge in [0.1, 0.15) is 0 Å². The van der Waals surface area contributed by atoms with Crippen molar-refractivity contribution in [1.82, 2.24) is 0 Å². The Balaban J connectivity index is 1.16. The van der Waals surface area contributed by atoms with Gasteiger partial charge in [0.2, 0.25) is 0 Å². The number of hydrogen-bond donors (Lipinski definition) is 0. The molecule has 0 atom stereocenters. The summed E-state index contributed by atoms with van der Waals surface area (Å²) in [5.41, 5.74) is 2.26. The summed E-state index contributed by atoms with van der Waals surface area (Å²) in [6.07, 6.45) is 35.3. The van der Waals surface area contributed by atoms with E-state index in [0.29, 0.717) is 0 Å². The van der Waals surface area contributed by atoms with Gasteiger partial charge in [0.15, 0.2) is 0 Å². The Labute approximate surface area is 307 Å². The topological polar surface area (TPSA) is 0 Å². The summed E-state index contributed by atoms with van der Waals surface area (Å²) in [6, 6.07) is 22.7. The normalized spacial score (nSPS) is 11.2. The van der Waals surface area contributed by atoms with Gasteiger partial charge in [-0.3, -0.25) is 0 Å². The molecule has 0 aliphatic heterocycles. The first kappa shape index (κ1) is 39.6. The first-order valence-electron chi connectivity index (χ1n) is 21.2. The van der Waals surface area contributed by atoms with Crippen LogP contribution in [0, 0.1) is 23.7 Å². The molecule has 0 amide bonds. The summed E-state index contributed by atoms with van der Waals surface area (Å²) < 4.78 is 0. The highest BCUT2D eigenvalue weighted by Gasteiger charge is 2.03. The number of unbranched alkanes of at least 4 members (excludes halogenated alkanes) is 24. The maximum absolute atomic E-state index is 3.45. The molecular weight excluding hydrogens is 601 g/mol. The fourth-order valence-electron chi connectivity index (χ4n) is 7.34. The van der Waals surface area contributed by atoms with E-state index in [-0.39, 0.29) is 0 Å². The van der Waals surface area contributed by atoms with Crippen LogP contribution in [0.25, 0.3) is 32.3 Å². The van der Waals surface area contributed by atoms with E-state index in [1.54, 1.807) is 0 Å². The van der Waals surface area contributed by atoms with Crippen LogP contribution >= 0.6 is 0 Å². The Kier molecular flexibility index (Phi) is 19.7. The monoisotopic (exact) mass is 669 g/mol. The lowest BCUT2D eigenvalue weighted by Crippen LogP contribution is -1.83. The van der Waals surface area contributed by atoms with E-state index >= 15 is 0 Å². The largest absolute Gasteiger partial charge is 0.0979 e. The lowest BCUT2D eigenvalue weighted by molar-refractivity contribution is 0.545. The minimum atomic E-state index is 1.00. The number of hydrogen-bond acceptors (Lipinski definition) is 0. The van der Waals surface area contributed by atoms with Crippen LogP contribution in [0.1, 0.15) is 192 Å². The second kappa shape index (κ2) is 24.8. The molecule has 268 valence electrons. The van der Waals surface area contributed by atoms with Crippen molar-refractivity contribution in [3.05, 3.63) is 71.8 Å². The number of fused-ring (bicyclic) bond motifs is 3. The SMILES string of the molecule is CCCCCCCCCCCCCCC#Cc1ccc2cc3cc4cc(C#CCCCCCCCCCCCCCC)ccc4cc3cc2c1. The van der Waals surface area contributed by atoms with Gasteiger partial charge < -0.3 is 0 Å². The molecule has 0 saturated heterocycles. The molecule has 4 aromatic carbocycles. The zero-order valence-corrected chi connectivity index (χ0v) is 32.2. The Morgan fingerprint density at radius 2 is 0.580 bits per heavy atom. The lowest BCUT2D eigenvalue weighted by Gasteiger charge is -2.06. The van der Waals surface area contributed by atoms with E-state index in [1.165, 1.54) is 186 Å². The van der Waals surface area contributed by atoms with E-state index < -0.39 is 0 Å². The number of benzene rings is 4. The molecule has 0 bridgehead atoms. The van der Waals surface area contributed by atoms with E-state index in [4.69, 9.17) is 0 Å². The Bertz CT molecular complexity index is 1520. The van der Waals surface area contributed by atoms with Crippen molar-refractivity contribution in [3.8, 4) is 23.7 Å². The smallest absolute Gasteiger partial charge is 0.0251 e. The molecule has 0 spiro atoms. The maximum atomic E-state index is 3.45. The van der Waals surface area contributed by atoms with Crippen LogP contribution in [0.2, 0.25) is 0 Å². The highest BCUT2D eigenvalue weighted by molar-refractivity contribution is 6.05. The lowest BCUT2D eigenvalue weighted by atomic mass is 9.98. The van der Waals surface area contributed by atoms with Crippen LogP contribution < -0.4 is 0 Å². The summed E-state index contributed by atoms with van der Waals surface area (Å²) in [5, 5.41) is 7.68. The van der Waals surface area contributed by atoms with E-state index in [0.717, 1.165) is 24.0 Å². The van der Waals surface area contributed by atoms with Gasteiger partial charge >= 0.3 is 0 Å². The summed E-state index contributed by atoms with van der Waals surface area (Å²) in [6.45, 7) is 4.59. The highest BCUT2D eigenvalue weighted by atomic mass is 14.1. The third-order valence-corrected chi connectivity index (χ3v) is 10.5. The van der Waals surface area contributed by atoms with E-state index in [9.17, 15) is 0 Å². The van der Waals surface area contributed by atoms with Crippen LogP contribution in [0.3, 0.4) is 0 Å². The van der Waals surface area contributed by atoms with Crippen LogP contribution in [0.5, 0.6) is 0 Å². The zero-order valence-electron chi connectivity index (χ0n) is 32.2. The molecule has 0 heterocycles.